The Morgan fingerprint density at radius 3 is 1.25 bits per heavy atom. The molecule has 0 atom stereocenters. The van der Waals surface area contributed by atoms with Gasteiger partial charge in [0.15, 0.2) is 4.75 Å². The van der Waals surface area contributed by atoms with E-state index in [0.29, 0.717) is 0 Å². The smallest absolute Gasteiger partial charge is 0.297 e. The molecule has 0 radical (unpaired) electrons. The molecule has 0 spiro atoms. The van der Waals surface area contributed by atoms with Crippen LogP contribution in [0.15, 0.2) is 60.7 Å². The van der Waals surface area contributed by atoms with Crippen molar-refractivity contribution in [2.75, 3.05) is 0 Å². The van der Waals surface area contributed by atoms with E-state index in [0.717, 1.165) is 0 Å². The molecule has 0 saturated carbocycles. The van der Waals surface area contributed by atoms with Crippen LogP contribution in [-0.2, 0) is 25.0 Å². The summed E-state index contributed by atoms with van der Waals surface area (Å²) in [6, 6.07) is 13.7. The second kappa shape index (κ2) is 5.92. The topological polar surface area (TPSA) is 161 Å². The highest BCUT2D eigenvalue weighted by atomic mass is 32.2. The molecule has 0 saturated heterocycles. The van der Waals surface area contributed by atoms with Crippen LogP contribution in [0.4, 0.5) is 0 Å². The third kappa shape index (κ3) is 2.62. The first-order chi connectivity index (χ1) is 11.0. The van der Waals surface area contributed by atoms with Crippen molar-refractivity contribution >= 4 is 20.2 Å². The number of hydrogen-bond acceptors (Lipinski definition) is 6. The van der Waals surface area contributed by atoms with Gasteiger partial charge in [0.1, 0.15) is 0 Å². The van der Waals surface area contributed by atoms with E-state index in [9.17, 15) is 25.9 Å². The van der Waals surface area contributed by atoms with Gasteiger partial charge >= 0.3 is 0 Å². The number of benzene rings is 2. The fourth-order valence-electron chi connectivity index (χ4n) is 2.64. The Labute approximate surface area is 139 Å². The summed E-state index contributed by atoms with van der Waals surface area (Å²) < 4.78 is 65.0. The first-order valence-electron chi connectivity index (χ1n) is 6.59. The van der Waals surface area contributed by atoms with E-state index in [4.69, 9.17) is 11.5 Å². The zero-order valence-corrected chi connectivity index (χ0v) is 13.9. The number of rotatable bonds is 5. The third-order valence-electron chi connectivity index (χ3n) is 3.72. The molecule has 24 heavy (non-hydrogen) atoms. The van der Waals surface area contributed by atoms with Crippen LogP contribution in [0.2, 0.25) is 0 Å². The largest absolute Gasteiger partial charge is 0.300 e. The van der Waals surface area contributed by atoms with E-state index >= 15 is 0 Å². The predicted octanol–water partition coefficient (Wildman–Crippen LogP) is 0.277. The molecule has 8 nitrogen and oxygen atoms in total. The van der Waals surface area contributed by atoms with Crippen LogP contribution in [0.25, 0.3) is 0 Å². The van der Waals surface area contributed by atoms with Gasteiger partial charge in [-0.15, -0.1) is 0 Å². The van der Waals surface area contributed by atoms with E-state index in [-0.39, 0.29) is 11.1 Å². The normalized spacial score (nSPS) is 13.7. The summed E-state index contributed by atoms with van der Waals surface area (Å²) in [4.78, 5) is -3.27. The van der Waals surface area contributed by atoms with Crippen LogP contribution >= 0.6 is 0 Å². The van der Waals surface area contributed by atoms with Crippen LogP contribution in [0.5, 0.6) is 0 Å². The van der Waals surface area contributed by atoms with E-state index < -0.39 is 30.0 Å². The Morgan fingerprint density at radius 2 is 1.00 bits per heavy atom. The average Bonchev–Trinajstić information content (AvgIpc) is 2.47. The zero-order chi connectivity index (χ0) is 18.2. The molecule has 0 aliphatic carbocycles. The van der Waals surface area contributed by atoms with Gasteiger partial charge in [0.2, 0.25) is 4.99 Å². The average molecular weight is 372 g/mol. The standard InChI is InChI=1S/C14H16N2O6S2/c15-14(16,24(20,21)22)13(23(17,18)19,11-7-3-1-4-8-11)12-9-5-2-6-10-12/h1-10H,15-16H2,(H,17,18,19)(H,20,21,22). The minimum absolute atomic E-state index is 0.221. The Balaban J connectivity index is 3.10. The molecule has 2 aromatic carbocycles. The highest BCUT2D eigenvalue weighted by Crippen LogP contribution is 2.44. The van der Waals surface area contributed by atoms with Crippen LogP contribution in [0, 0.1) is 0 Å². The minimum atomic E-state index is -5.32. The minimum Gasteiger partial charge on any atom is -0.297 e. The van der Waals surface area contributed by atoms with Gasteiger partial charge in [0, 0.05) is 0 Å². The highest BCUT2D eigenvalue weighted by molar-refractivity contribution is 7.91. The van der Waals surface area contributed by atoms with Crippen molar-refractivity contribution in [2.24, 2.45) is 11.5 Å². The maximum absolute atomic E-state index is 12.4. The quantitative estimate of drug-likeness (QED) is 0.430. The van der Waals surface area contributed by atoms with E-state index in [1.807, 2.05) is 0 Å². The summed E-state index contributed by atoms with van der Waals surface area (Å²) in [5, 5.41) is 0. The zero-order valence-electron chi connectivity index (χ0n) is 12.3. The lowest BCUT2D eigenvalue weighted by Crippen LogP contribution is -2.72. The molecular weight excluding hydrogens is 356 g/mol. The molecule has 130 valence electrons. The lowest BCUT2D eigenvalue weighted by molar-refractivity contribution is 0.355. The number of hydrogen-bond donors (Lipinski definition) is 4. The summed E-state index contributed by atoms with van der Waals surface area (Å²) in [6.07, 6.45) is 0. The molecule has 0 unspecified atom stereocenters. The van der Waals surface area contributed by atoms with Crippen molar-refractivity contribution in [3.63, 3.8) is 0 Å². The van der Waals surface area contributed by atoms with Crippen LogP contribution in [0.3, 0.4) is 0 Å². The third-order valence-corrected chi connectivity index (χ3v) is 6.60. The Morgan fingerprint density at radius 1 is 0.667 bits per heavy atom. The second-order valence-corrected chi connectivity index (χ2v) is 8.34. The van der Waals surface area contributed by atoms with Gasteiger partial charge < -0.3 is 0 Å². The van der Waals surface area contributed by atoms with Crippen molar-refractivity contribution in [2.45, 2.75) is 9.74 Å². The van der Waals surface area contributed by atoms with Crippen molar-refractivity contribution in [1.82, 2.24) is 0 Å². The van der Waals surface area contributed by atoms with Crippen molar-refractivity contribution in [3.8, 4) is 0 Å². The second-order valence-electron chi connectivity index (χ2n) is 5.16. The lowest BCUT2D eigenvalue weighted by atomic mass is 9.87. The van der Waals surface area contributed by atoms with Gasteiger partial charge in [-0.05, 0) is 11.1 Å². The van der Waals surface area contributed by atoms with Crippen molar-refractivity contribution in [3.05, 3.63) is 71.8 Å². The lowest BCUT2D eigenvalue weighted by Gasteiger charge is -2.41. The summed E-state index contributed by atoms with van der Waals surface area (Å²) in [5.74, 6) is 0. The summed E-state index contributed by atoms with van der Waals surface area (Å²) in [6.45, 7) is 0. The fourth-order valence-corrected chi connectivity index (χ4v) is 5.15. The van der Waals surface area contributed by atoms with Crippen molar-refractivity contribution in [1.29, 1.82) is 0 Å². The molecule has 2 rings (SSSR count). The predicted molar refractivity (Wildman–Crippen MR) is 87.9 cm³/mol. The first kappa shape index (κ1) is 18.5. The molecule has 0 heterocycles. The SMILES string of the molecule is NC(N)(C(c1ccccc1)(c1ccccc1)S(=O)(=O)O)S(=O)(=O)O. The molecule has 10 heteroatoms. The van der Waals surface area contributed by atoms with Gasteiger partial charge in [-0.3, -0.25) is 20.6 Å². The Hall–Kier alpha value is -1.82. The molecule has 2 aromatic rings. The summed E-state index contributed by atoms with van der Waals surface area (Å²) >= 11 is 0. The first-order valence-corrected chi connectivity index (χ1v) is 9.47. The molecule has 0 aromatic heterocycles. The van der Waals surface area contributed by atoms with Gasteiger partial charge in [-0.1, -0.05) is 60.7 Å². The maximum atomic E-state index is 12.4. The van der Waals surface area contributed by atoms with Gasteiger partial charge in [-0.2, -0.15) is 16.8 Å². The molecule has 0 bridgehead atoms. The van der Waals surface area contributed by atoms with Gasteiger partial charge in [0.25, 0.3) is 20.2 Å². The monoisotopic (exact) mass is 372 g/mol. The van der Waals surface area contributed by atoms with E-state index in [1.165, 1.54) is 48.5 Å². The van der Waals surface area contributed by atoms with Crippen LogP contribution in [0.1, 0.15) is 11.1 Å². The fraction of sp³-hybridized carbons (Fsp3) is 0.143. The molecule has 0 aliphatic rings. The Kier molecular flexibility index (Phi) is 4.57. The summed E-state index contributed by atoms with van der Waals surface area (Å²) in [5.41, 5.74) is 10.8. The van der Waals surface area contributed by atoms with Gasteiger partial charge in [0.05, 0.1) is 0 Å². The maximum Gasteiger partial charge on any atom is 0.300 e. The van der Waals surface area contributed by atoms with Crippen molar-refractivity contribution < 1.29 is 25.9 Å². The van der Waals surface area contributed by atoms with Crippen LogP contribution in [-0.4, -0.2) is 30.9 Å². The van der Waals surface area contributed by atoms with Gasteiger partial charge in [-0.25, -0.2) is 0 Å². The Bertz CT molecular complexity index is 886. The summed E-state index contributed by atoms with van der Waals surface area (Å²) in [7, 11) is -10.6. The van der Waals surface area contributed by atoms with Crippen LogP contribution < -0.4 is 11.5 Å². The molecule has 0 fully saturated rings. The molecular formula is C14H16N2O6S2. The highest BCUT2D eigenvalue weighted by Gasteiger charge is 2.65. The van der Waals surface area contributed by atoms with E-state index in [1.54, 1.807) is 12.1 Å². The number of nitrogens with two attached hydrogens (primary N) is 2. The molecule has 0 amide bonds. The van der Waals surface area contributed by atoms with E-state index in [2.05, 4.69) is 0 Å². The molecule has 6 N–H and O–H groups in total. The molecule has 0 aliphatic heterocycles.